The highest BCUT2D eigenvalue weighted by Crippen LogP contribution is 2.03. The second-order valence-electron chi connectivity index (χ2n) is 2.43. The first-order chi connectivity index (χ1) is 5.29. The zero-order chi connectivity index (χ0) is 7.84. The van der Waals surface area contributed by atoms with Crippen molar-refractivity contribution in [2.75, 3.05) is 7.05 Å². The fourth-order valence-corrected chi connectivity index (χ4v) is 1.06. The van der Waals surface area contributed by atoms with Gasteiger partial charge < -0.3 is 14.4 Å². The van der Waals surface area contributed by atoms with Crippen molar-refractivity contribution in [2.45, 2.75) is 0 Å². The van der Waals surface area contributed by atoms with E-state index in [1.165, 1.54) is 4.92 Å². The van der Waals surface area contributed by atoms with Crippen LogP contribution in [0.15, 0.2) is 21.8 Å². The Balaban J connectivity index is 2.48. The van der Waals surface area contributed by atoms with Gasteiger partial charge in [-0.25, -0.2) is 0 Å². The van der Waals surface area contributed by atoms with Crippen LogP contribution in [0.3, 0.4) is 0 Å². The molecule has 0 fully saturated rings. The van der Waals surface area contributed by atoms with E-state index in [0.29, 0.717) is 5.76 Å². The molecule has 11 heavy (non-hydrogen) atoms. The topological polar surface area (TPSA) is 49.0 Å². The molecule has 1 N–H and O–H groups in total. The number of nitrogens with zero attached hydrogens (tertiary/aromatic N) is 2. The second-order valence-corrected chi connectivity index (χ2v) is 2.43. The normalized spacial score (nSPS) is 15.5. The van der Waals surface area contributed by atoms with E-state index in [1.54, 1.807) is 25.6 Å². The molecule has 56 valence electrons. The fourth-order valence-electron chi connectivity index (χ4n) is 1.06. The third kappa shape index (κ3) is 0.849. The van der Waals surface area contributed by atoms with E-state index in [1.807, 2.05) is 0 Å². The van der Waals surface area contributed by atoms with Gasteiger partial charge in [-0.15, -0.1) is 0 Å². The summed E-state index contributed by atoms with van der Waals surface area (Å²) < 4.78 is 5.04. The van der Waals surface area contributed by atoms with Crippen molar-refractivity contribution in [3.05, 3.63) is 18.1 Å². The standard InChI is InChI=1S/C6H7BN2O2/c1-9-7(10)5-2-3-11-6(5)4-8-9/h2-4,10H,1H3. The number of furan rings is 1. The van der Waals surface area contributed by atoms with Crippen molar-refractivity contribution >= 4 is 18.7 Å². The van der Waals surface area contributed by atoms with E-state index in [2.05, 4.69) is 5.10 Å². The number of fused-ring (bicyclic) bond motifs is 1. The molecule has 1 aliphatic heterocycles. The van der Waals surface area contributed by atoms with Crippen molar-refractivity contribution in [2.24, 2.45) is 5.10 Å². The summed E-state index contributed by atoms with van der Waals surface area (Å²) in [6.45, 7) is 0. The largest absolute Gasteiger partial charge is 0.469 e. The Labute approximate surface area is 64.2 Å². The molecular formula is C6H7BN2O2. The van der Waals surface area contributed by atoms with Crippen molar-refractivity contribution in [1.82, 2.24) is 4.92 Å². The lowest BCUT2D eigenvalue weighted by atomic mass is 9.73. The van der Waals surface area contributed by atoms with E-state index < -0.39 is 7.05 Å². The minimum atomic E-state index is -0.672. The van der Waals surface area contributed by atoms with Crippen LogP contribution in [0.2, 0.25) is 0 Å². The highest BCUT2D eigenvalue weighted by atomic mass is 16.3. The summed E-state index contributed by atoms with van der Waals surface area (Å²) in [6.07, 6.45) is 3.13. The van der Waals surface area contributed by atoms with Gasteiger partial charge in [0.2, 0.25) is 0 Å². The van der Waals surface area contributed by atoms with E-state index in [9.17, 15) is 5.02 Å². The molecule has 1 aliphatic rings. The molecular weight excluding hydrogens is 143 g/mol. The second kappa shape index (κ2) is 2.13. The highest BCUT2D eigenvalue weighted by Gasteiger charge is 2.27. The number of hydrazone groups is 1. The Bertz CT molecular complexity index is 297. The van der Waals surface area contributed by atoms with Crippen molar-refractivity contribution < 1.29 is 9.44 Å². The molecule has 0 spiro atoms. The Morgan fingerprint density at radius 2 is 2.55 bits per heavy atom. The molecule has 0 radical (unpaired) electrons. The van der Waals surface area contributed by atoms with Crippen LogP contribution in [0, 0.1) is 0 Å². The smallest absolute Gasteiger partial charge is 0.464 e. The quantitative estimate of drug-likeness (QED) is 0.494. The molecule has 0 saturated heterocycles. The van der Waals surface area contributed by atoms with Gasteiger partial charge in [-0.05, 0) is 6.07 Å². The lowest BCUT2D eigenvalue weighted by molar-refractivity contribution is 0.438. The van der Waals surface area contributed by atoms with Crippen LogP contribution < -0.4 is 5.46 Å². The minimum Gasteiger partial charge on any atom is -0.464 e. The molecule has 2 heterocycles. The van der Waals surface area contributed by atoms with Gasteiger partial charge in [-0.1, -0.05) is 0 Å². The first-order valence-corrected chi connectivity index (χ1v) is 3.31. The predicted molar refractivity (Wildman–Crippen MR) is 41.7 cm³/mol. The summed E-state index contributed by atoms with van der Waals surface area (Å²) in [4.78, 5) is 1.47. The Morgan fingerprint density at radius 3 is 3.36 bits per heavy atom. The molecule has 2 rings (SSSR count). The average molecular weight is 150 g/mol. The number of rotatable bonds is 0. The minimum absolute atomic E-state index is 0.635. The summed E-state index contributed by atoms with van der Waals surface area (Å²) in [6, 6.07) is 1.74. The molecule has 0 atom stereocenters. The SMILES string of the molecule is CN1N=Cc2occc2B1O. The van der Waals surface area contributed by atoms with Crippen molar-refractivity contribution in [3.63, 3.8) is 0 Å². The van der Waals surface area contributed by atoms with Crippen LogP contribution in [-0.2, 0) is 0 Å². The van der Waals surface area contributed by atoms with Gasteiger partial charge in [-0.2, -0.15) is 5.10 Å². The first kappa shape index (κ1) is 6.48. The predicted octanol–water partition coefficient (Wildman–Crippen LogP) is -0.754. The van der Waals surface area contributed by atoms with Crippen molar-refractivity contribution in [3.8, 4) is 0 Å². The zero-order valence-electron chi connectivity index (χ0n) is 6.06. The van der Waals surface area contributed by atoms with Crippen molar-refractivity contribution in [1.29, 1.82) is 0 Å². The van der Waals surface area contributed by atoms with Crippen LogP contribution in [0.1, 0.15) is 5.76 Å². The monoisotopic (exact) mass is 150 g/mol. The maximum atomic E-state index is 9.47. The molecule has 0 bridgehead atoms. The van der Waals surface area contributed by atoms with Gasteiger partial charge in [0.15, 0.2) is 0 Å². The molecule has 0 amide bonds. The van der Waals surface area contributed by atoms with Crippen LogP contribution in [0.25, 0.3) is 0 Å². The molecule has 1 aromatic heterocycles. The van der Waals surface area contributed by atoms with E-state index in [0.717, 1.165) is 5.46 Å². The molecule has 0 aromatic carbocycles. The van der Waals surface area contributed by atoms with Gasteiger partial charge in [0.1, 0.15) is 5.76 Å². The summed E-state index contributed by atoms with van der Waals surface area (Å²) in [5.74, 6) is 0.635. The van der Waals surface area contributed by atoms with Crippen LogP contribution in [0.4, 0.5) is 0 Å². The first-order valence-electron chi connectivity index (χ1n) is 3.31. The summed E-state index contributed by atoms with van der Waals surface area (Å²) in [5.41, 5.74) is 0.766. The van der Waals surface area contributed by atoms with Crippen LogP contribution in [-0.4, -0.2) is 30.3 Å². The Hall–Kier alpha value is -1.23. The lowest BCUT2D eigenvalue weighted by Gasteiger charge is -2.18. The van der Waals surface area contributed by atoms with E-state index >= 15 is 0 Å². The van der Waals surface area contributed by atoms with Gasteiger partial charge in [0.05, 0.1) is 12.5 Å². The maximum absolute atomic E-state index is 9.47. The maximum Gasteiger partial charge on any atom is 0.469 e. The Kier molecular flexibility index (Phi) is 1.26. The summed E-state index contributed by atoms with van der Waals surface area (Å²) >= 11 is 0. The molecule has 0 aliphatic carbocycles. The molecule has 1 aromatic rings. The lowest BCUT2D eigenvalue weighted by Crippen LogP contribution is -2.46. The van der Waals surface area contributed by atoms with Gasteiger partial charge >= 0.3 is 7.05 Å². The summed E-state index contributed by atoms with van der Waals surface area (Å²) in [7, 11) is 1.03. The molecule has 4 nitrogen and oxygen atoms in total. The summed E-state index contributed by atoms with van der Waals surface area (Å²) in [5, 5.41) is 13.4. The average Bonchev–Trinajstić information content (AvgIpc) is 2.45. The third-order valence-corrected chi connectivity index (χ3v) is 1.72. The van der Waals surface area contributed by atoms with Gasteiger partial charge in [0, 0.05) is 12.5 Å². The molecule has 5 heteroatoms. The number of hydrogen-bond donors (Lipinski definition) is 1. The van der Waals surface area contributed by atoms with Crippen LogP contribution >= 0.6 is 0 Å². The Morgan fingerprint density at radius 1 is 1.73 bits per heavy atom. The van der Waals surface area contributed by atoms with Crippen LogP contribution in [0.5, 0.6) is 0 Å². The van der Waals surface area contributed by atoms with Gasteiger partial charge in [-0.3, -0.25) is 0 Å². The highest BCUT2D eigenvalue weighted by molar-refractivity contribution is 6.65. The number of hydrogen-bond acceptors (Lipinski definition) is 4. The van der Waals surface area contributed by atoms with E-state index in [-0.39, 0.29) is 0 Å². The third-order valence-electron chi connectivity index (χ3n) is 1.72. The zero-order valence-corrected chi connectivity index (χ0v) is 6.06. The fraction of sp³-hybridized carbons (Fsp3) is 0.167. The van der Waals surface area contributed by atoms with E-state index in [4.69, 9.17) is 4.42 Å². The van der Waals surface area contributed by atoms with Gasteiger partial charge in [0.25, 0.3) is 0 Å². The molecule has 0 unspecified atom stereocenters. The molecule has 0 saturated carbocycles.